The van der Waals surface area contributed by atoms with Gasteiger partial charge < -0.3 is 19.1 Å². The van der Waals surface area contributed by atoms with Gasteiger partial charge in [0.2, 0.25) is 5.75 Å². The molecule has 5 nitrogen and oxygen atoms in total. The summed E-state index contributed by atoms with van der Waals surface area (Å²) < 4.78 is 16.7. The van der Waals surface area contributed by atoms with E-state index in [1.54, 1.807) is 6.07 Å². The second-order valence-corrected chi connectivity index (χ2v) is 6.55. The molecule has 3 rings (SSSR count). The quantitative estimate of drug-likeness (QED) is 0.778. The molecule has 1 aliphatic heterocycles. The van der Waals surface area contributed by atoms with Crippen LogP contribution in [0.5, 0.6) is 17.2 Å². The molecule has 0 radical (unpaired) electrons. The molecule has 0 N–H and O–H groups in total. The predicted molar refractivity (Wildman–Crippen MR) is 98.7 cm³/mol. The van der Waals surface area contributed by atoms with Gasteiger partial charge in [-0.05, 0) is 39.5 Å². The zero-order valence-corrected chi connectivity index (χ0v) is 16.1. The highest BCUT2D eigenvalue weighted by Gasteiger charge is 2.27. The fourth-order valence-electron chi connectivity index (χ4n) is 3.12. The second kappa shape index (κ2) is 7.35. The largest absolute Gasteiger partial charge is 0.493 e. The van der Waals surface area contributed by atoms with Crippen molar-refractivity contribution in [3.8, 4) is 17.2 Å². The Labute approximate surface area is 155 Å². The Morgan fingerprint density at radius 2 is 1.72 bits per heavy atom. The molecule has 0 aliphatic carbocycles. The lowest BCUT2D eigenvalue weighted by atomic mass is 9.99. The number of carbonyl (C=O) groups is 1. The maximum absolute atomic E-state index is 13.1. The van der Waals surface area contributed by atoms with E-state index in [0.29, 0.717) is 40.4 Å². The summed E-state index contributed by atoms with van der Waals surface area (Å²) in [5.41, 5.74) is 2.98. The van der Waals surface area contributed by atoms with Gasteiger partial charge in [0.25, 0.3) is 5.91 Å². The van der Waals surface area contributed by atoms with Crippen LogP contribution in [0.3, 0.4) is 0 Å². The first-order valence-electron chi connectivity index (χ1n) is 7.95. The van der Waals surface area contributed by atoms with Crippen LogP contribution in [-0.4, -0.2) is 38.7 Å². The van der Waals surface area contributed by atoms with Gasteiger partial charge in [-0.15, -0.1) is 0 Å². The Bertz CT molecular complexity index is 806. The molecule has 0 saturated carbocycles. The molecule has 2 aromatic rings. The smallest absolute Gasteiger partial charge is 0.255 e. The normalized spacial score (nSPS) is 13.2. The summed E-state index contributed by atoms with van der Waals surface area (Å²) in [6.45, 7) is 1.27. The fourth-order valence-corrected chi connectivity index (χ4v) is 3.74. The van der Waals surface area contributed by atoms with E-state index >= 15 is 0 Å². The number of methoxy groups -OCH3 is 3. The molecule has 1 heterocycles. The van der Waals surface area contributed by atoms with E-state index in [1.807, 2.05) is 17.0 Å². The lowest BCUT2D eigenvalue weighted by Gasteiger charge is -2.29. The molecule has 1 amide bonds. The first-order valence-corrected chi connectivity index (χ1v) is 8.74. The van der Waals surface area contributed by atoms with Crippen LogP contribution in [0, 0.1) is 0 Å². The zero-order chi connectivity index (χ0) is 18.0. The number of ether oxygens (including phenoxy) is 3. The molecule has 6 heteroatoms. The van der Waals surface area contributed by atoms with Crippen molar-refractivity contribution in [2.45, 2.75) is 13.0 Å². The molecule has 0 atom stereocenters. The molecular formula is C19H20BrNO4. The Morgan fingerprint density at radius 1 is 1.04 bits per heavy atom. The third-order valence-electron chi connectivity index (χ3n) is 4.42. The highest BCUT2D eigenvalue weighted by atomic mass is 79.9. The van der Waals surface area contributed by atoms with Crippen molar-refractivity contribution in [3.63, 3.8) is 0 Å². The van der Waals surface area contributed by atoms with Gasteiger partial charge in [0.1, 0.15) is 0 Å². The Morgan fingerprint density at radius 3 is 2.36 bits per heavy atom. The molecule has 0 fully saturated rings. The molecule has 1 aliphatic rings. The number of halogens is 1. The summed E-state index contributed by atoms with van der Waals surface area (Å²) in [6.07, 6.45) is 0.851. The van der Waals surface area contributed by atoms with Crippen LogP contribution in [0.2, 0.25) is 0 Å². The number of fused-ring (bicyclic) bond motifs is 1. The van der Waals surface area contributed by atoms with Gasteiger partial charge in [0, 0.05) is 13.1 Å². The van der Waals surface area contributed by atoms with E-state index in [9.17, 15) is 4.79 Å². The SMILES string of the molecule is COc1cc(C(=O)N2CCc3ccccc3C2)c(Br)c(OC)c1OC. The molecule has 0 saturated heterocycles. The summed E-state index contributed by atoms with van der Waals surface area (Å²) in [7, 11) is 4.61. The summed E-state index contributed by atoms with van der Waals surface area (Å²) >= 11 is 3.49. The van der Waals surface area contributed by atoms with Gasteiger partial charge in [0.15, 0.2) is 11.5 Å². The standard InChI is InChI=1S/C19H20BrNO4/c1-23-15-10-14(16(20)18(25-3)17(15)24-2)19(22)21-9-8-12-6-4-5-7-13(12)11-21/h4-7,10H,8-9,11H2,1-3H3. The first-order chi connectivity index (χ1) is 12.1. The zero-order valence-electron chi connectivity index (χ0n) is 14.5. The monoisotopic (exact) mass is 405 g/mol. The number of rotatable bonds is 4. The average Bonchev–Trinajstić information content (AvgIpc) is 2.66. The van der Waals surface area contributed by atoms with Crippen LogP contribution in [0.4, 0.5) is 0 Å². The predicted octanol–water partition coefficient (Wildman–Crippen LogP) is 3.67. The van der Waals surface area contributed by atoms with Crippen molar-refractivity contribution in [1.29, 1.82) is 0 Å². The van der Waals surface area contributed by atoms with Crippen LogP contribution in [0.15, 0.2) is 34.8 Å². The highest BCUT2D eigenvalue weighted by Crippen LogP contribution is 2.45. The topological polar surface area (TPSA) is 48.0 Å². The average molecular weight is 406 g/mol. The third-order valence-corrected chi connectivity index (χ3v) is 5.20. The van der Waals surface area contributed by atoms with Crippen LogP contribution in [0.25, 0.3) is 0 Å². The molecule has 0 spiro atoms. The summed E-state index contributed by atoms with van der Waals surface area (Å²) in [5.74, 6) is 1.30. The fraction of sp³-hybridized carbons (Fsp3) is 0.316. The van der Waals surface area contributed by atoms with Crippen molar-refractivity contribution in [2.75, 3.05) is 27.9 Å². The summed E-state index contributed by atoms with van der Waals surface area (Å²) in [5, 5.41) is 0. The van der Waals surface area contributed by atoms with Crippen molar-refractivity contribution in [2.24, 2.45) is 0 Å². The van der Waals surface area contributed by atoms with Gasteiger partial charge in [-0.2, -0.15) is 0 Å². The van der Waals surface area contributed by atoms with Crippen LogP contribution < -0.4 is 14.2 Å². The van der Waals surface area contributed by atoms with E-state index in [4.69, 9.17) is 14.2 Å². The molecule has 132 valence electrons. The molecule has 0 bridgehead atoms. The highest BCUT2D eigenvalue weighted by molar-refractivity contribution is 9.10. The number of amides is 1. The summed E-state index contributed by atoms with van der Waals surface area (Å²) in [4.78, 5) is 15.0. The molecule has 0 unspecified atom stereocenters. The van der Waals surface area contributed by atoms with Gasteiger partial charge in [0.05, 0.1) is 31.4 Å². The minimum Gasteiger partial charge on any atom is -0.493 e. The van der Waals surface area contributed by atoms with E-state index in [2.05, 4.69) is 28.1 Å². The minimum absolute atomic E-state index is 0.0689. The number of nitrogens with zero attached hydrogens (tertiary/aromatic N) is 1. The molecule has 25 heavy (non-hydrogen) atoms. The lowest BCUT2D eigenvalue weighted by molar-refractivity contribution is 0.0733. The Hall–Kier alpha value is -2.21. The molecule has 0 aromatic heterocycles. The third kappa shape index (κ3) is 3.18. The minimum atomic E-state index is -0.0689. The van der Waals surface area contributed by atoms with Crippen molar-refractivity contribution < 1.29 is 19.0 Å². The van der Waals surface area contributed by atoms with Crippen LogP contribution in [-0.2, 0) is 13.0 Å². The molecule has 2 aromatic carbocycles. The number of benzene rings is 2. The number of hydrogen-bond donors (Lipinski definition) is 0. The van der Waals surface area contributed by atoms with Gasteiger partial charge in [-0.3, -0.25) is 4.79 Å². The van der Waals surface area contributed by atoms with Crippen molar-refractivity contribution >= 4 is 21.8 Å². The second-order valence-electron chi connectivity index (χ2n) is 5.75. The first kappa shape index (κ1) is 17.6. The molecular weight excluding hydrogens is 386 g/mol. The van der Waals surface area contributed by atoms with E-state index in [0.717, 1.165) is 6.42 Å². The van der Waals surface area contributed by atoms with E-state index in [1.165, 1.54) is 32.5 Å². The van der Waals surface area contributed by atoms with E-state index < -0.39 is 0 Å². The van der Waals surface area contributed by atoms with E-state index in [-0.39, 0.29) is 5.91 Å². The van der Waals surface area contributed by atoms with Crippen LogP contribution in [0.1, 0.15) is 21.5 Å². The number of hydrogen-bond acceptors (Lipinski definition) is 4. The Balaban J connectivity index is 1.98. The van der Waals surface area contributed by atoms with Gasteiger partial charge in [-0.25, -0.2) is 0 Å². The van der Waals surface area contributed by atoms with Gasteiger partial charge in [-0.1, -0.05) is 24.3 Å². The lowest BCUT2D eigenvalue weighted by Crippen LogP contribution is -2.36. The maximum Gasteiger partial charge on any atom is 0.255 e. The van der Waals surface area contributed by atoms with Crippen molar-refractivity contribution in [1.82, 2.24) is 4.90 Å². The Kier molecular flexibility index (Phi) is 5.18. The van der Waals surface area contributed by atoms with Crippen molar-refractivity contribution in [3.05, 3.63) is 51.5 Å². The van der Waals surface area contributed by atoms with Crippen LogP contribution >= 0.6 is 15.9 Å². The number of carbonyl (C=O) groups excluding carboxylic acids is 1. The van der Waals surface area contributed by atoms with Gasteiger partial charge >= 0.3 is 0 Å². The maximum atomic E-state index is 13.1. The summed E-state index contributed by atoms with van der Waals surface area (Å²) in [6, 6.07) is 9.91.